The summed E-state index contributed by atoms with van der Waals surface area (Å²) in [6, 6.07) is 19.8. The highest BCUT2D eigenvalue weighted by Crippen LogP contribution is 2.40. The molecular weight excluding hydrogens is 514 g/mol. The number of amides is 1. The van der Waals surface area contributed by atoms with E-state index in [0.717, 1.165) is 28.3 Å². The maximum absolute atomic E-state index is 12.5. The number of fused-ring (bicyclic) bond motifs is 1. The van der Waals surface area contributed by atoms with Crippen LogP contribution >= 0.6 is 11.8 Å². The molecular formula is C31H31NO6S. The van der Waals surface area contributed by atoms with Gasteiger partial charge in [0.1, 0.15) is 23.0 Å². The number of aliphatic hydroxyl groups excluding tert-OH is 1. The van der Waals surface area contributed by atoms with Crippen LogP contribution in [0.1, 0.15) is 44.7 Å². The molecule has 0 saturated carbocycles. The Morgan fingerprint density at radius 1 is 0.923 bits per heavy atom. The van der Waals surface area contributed by atoms with Gasteiger partial charge in [0.15, 0.2) is 11.5 Å². The second-order valence-corrected chi connectivity index (χ2v) is 9.76. The van der Waals surface area contributed by atoms with E-state index in [1.807, 2.05) is 50.2 Å². The molecule has 0 unspecified atom stereocenters. The molecule has 39 heavy (non-hydrogen) atoms. The fraction of sp³-hybridized carbons (Fsp3) is 0.258. The van der Waals surface area contributed by atoms with Crippen molar-refractivity contribution < 1.29 is 28.9 Å². The Labute approximate surface area is 232 Å². The van der Waals surface area contributed by atoms with Crippen molar-refractivity contribution in [2.45, 2.75) is 40.2 Å². The average molecular weight is 546 g/mol. The summed E-state index contributed by atoms with van der Waals surface area (Å²) in [6.45, 7) is 6.38. The van der Waals surface area contributed by atoms with Gasteiger partial charge in [0.25, 0.3) is 0 Å². The number of benzene rings is 3. The third kappa shape index (κ3) is 6.89. The number of nitrogens with zero attached hydrogens (tertiary/aromatic N) is 1. The van der Waals surface area contributed by atoms with Crippen LogP contribution in [0, 0.1) is 0 Å². The fourth-order valence-electron chi connectivity index (χ4n) is 4.02. The Hall–Kier alpha value is -4.04. The molecule has 1 aliphatic heterocycles. The third-order valence-corrected chi connectivity index (χ3v) is 6.85. The van der Waals surface area contributed by atoms with Crippen LogP contribution in [0.2, 0.25) is 0 Å². The van der Waals surface area contributed by atoms with Crippen LogP contribution in [-0.4, -0.2) is 35.2 Å². The van der Waals surface area contributed by atoms with Crippen molar-refractivity contribution in [3.05, 3.63) is 88.0 Å². The average Bonchev–Trinajstić information content (AvgIpc) is 3.22. The first-order valence-electron chi connectivity index (χ1n) is 12.9. The summed E-state index contributed by atoms with van der Waals surface area (Å²) >= 11 is 1.06. The zero-order valence-corrected chi connectivity index (χ0v) is 23.0. The number of esters is 1. The summed E-state index contributed by atoms with van der Waals surface area (Å²) < 4.78 is 17.0. The standard InChI is InChI=1S/C31H31NO6S/c1-4-9-27(33)32-30-28(31(35)37-6-3)29(34)26(39-30)18-20-13-15-24(25(17-20)36-5-2)38-19-21-12-14-22-10-7-8-11-23(22)16-21/h7-8,10-18,34H,4-6,9,19H2,1-3H3/b26-18-,32-30?. The van der Waals surface area contributed by atoms with E-state index < -0.39 is 5.97 Å². The first-order chi connectivity index (χ1) is 18.9. The second-order valence-electron chi connectivity index (χ2n) is 8.72. The van der Waals surface area contributed by atoms with Crippen molar-refractivity contribution >= 4 is 45.5 Å². The summed E-state index contributed by atoms with van der Waals surface area (Å²) in [5, 5.41) is 13.3. The largest absolute Gasteiger partial charge is 0.506 e. The quantitative estimate of drug-likeness (QED) is 0.274. The first kappa shape index (κ1) is 28.0. The molecule has 0 fully saturated rings. The molecule has 1 aliphatic rings. The predicted molar refractivity (Wildman–Crippen MR) is 155 cm³/mol. The molecule has 0 spiro atoms. The van der Waals surface area contributed by atoms with E-state index in [1.54, 1.807) is 13.0 Å². The molecule has 0 aliphatic carbocycles. The van der Waals surface area contributed by atoms with Gasteiger partial charge in [-0.25, -0.2) is 9.79 Å². The number of hydrogen-bond donors (Lipinski definition) is 1. The van der Waals surface area contributed by atoms with Crippen LogP contribution in [0.15, 0.2) is 81.9 Å². The maximum atomic E-state index is 12.5. The van der Waals surface area contributed by atoms with Gasteiger partial charge >= 0.3 is 5.97 Å². The first-order valence-corrected chi connectivity index (χ1v) is 13.7. The molecule has 3 aromatic carbocycles. The van der Waals surface area contributed by atoms with Crippen LogP contribution in [0.4, 0.5) is 0 Å². The molecule has 0 radical (unpaired) electrons. The normalized spacial score (nSPS) is 15.3. The van der Waals surface area contributed by atoms with E-state index in [2.05, 4.69) is 29.3 Å². The monoisotopic (exact) mass is 545 g/mol. The Kier molecular flexibility index (Phi) is 9.44. The predicted octanol–water partition coefficient (Wildman–Crippen LogP) is 7.01. The number of carbonyl (C=O) groups excluding carboxylic acids is 2. The lowest BCUT2D eigenvalue weighted by Crippen LogP contribution is -2.14. The summed E-state index contributed by atoms with van der Waals surface area (Å²) in [6.07, 6.45) is 2.59. The summed E-state index contributed by atoms with van der Waals surface area (Å²) in [7, 11) is 0. The van der Waals surface area contributed by atoms with Crippen molar-refractivity contribution in [1.82, 2.24) is 0 Å². The topological polar surface area (TPSA) is 94.4 Å². The number of thioether (sulfide) groups is 1. The van der Waals surface area contributed by atoms with Crippen molar-refractivity contribution in [2.24, 2.45) is 4.99 Å². The van der Waals surface area contributed by atoms with Gasteiger partial charge in [-0.3, -0.25) is 4.79 Å². The number of carbonyl (C=O) groups is 2. The molecule has 1 N–H and O–H groups in total. The van der Waals surface area contributed by atoms with Gasteiger partial charge in [-0.15, -0.1) is 0 Å². The van der Waals surface area contributed by atoms with E-state index in [1.165, 1.54) is 5.39 Å². The molecule has 1 amide bonds. The Bertz CT molecular complexity index is 1470. The summed E-state index contributed by atoms with van der Waals surface area (Å²) in [5.74, 6) is -0.206. The van der Waals surface area contributed by atoms with E-state index in [4.69, 9.17) is 14.2 Å². The second kappa shape index (κ2) is 13.2. The molecule has 0 saturated heterocycles. The highest BCUT2D eigenvalue weighted by molar-refractivity contribution is 8.18. The highest BCUT2D eigenvalue weighted by atomic mass is 32.2. The number of hydrogen-bond acceptors (Lipinski definition) is 7. The Morgan fingerprint density at radius 2 is 1.72 bits per heavy atom. The van der Waals surface area contributed by atoms with Crippen LogP contribution in [0.25, 0.3) is 16.8 Å². The zero-order chi connectivity index (χ0) is 27.8. The highest BCUT2D eigenvalue weighted by Gasteiger charge is 2.33. The zero-order valence-electron chi connectivity index (χ0n) is 22.2. The lowest BCUT2D eigenvalue weighted by atomic mass is 10.1. The van der Waals surface area contributed by atoms with Crippen molar-refractivity contribution in [1.29, 1.82) is 0 Å². The van der Waals surface area contributed by atoms with Crippen molar-refractivity contribution in [3.8, 4) is 11.5 Å². The van der Waals surface area contributed by atoms with Gasteiger partial charge in [-0.05, 0) is 66.4 Å². The van der Waals surface area contributed by atoms with Gasteiger partial charge in [0.05, 0.1) is 18.1 Å². The van der Waals surface area contributed by atoms with Crippen molar-refractivity contribution in [2.75, 3.05) is 13.2 Å². The maximum Gasteiger partial charge on any atom is 0.344 e. The molecule has 202 valence electrons. The lowest BCUT2D eigenvalue weighted by molar-refractivity contribution is -0.138. The van der Waals surface area contributed by atoms with Crippen LogP contribution in [0.3, 0.4) is 0 Å². The number of aliphatic imine (C=N–C) groups is 1. The van der Waals surface area contributed by atoms with Gasteiger partial charge in [-0.2, -0.15) is 0 Å². The SMILES string of the molecule is CCCC(=O)N=C1S/C(=C\c2ccc(OCc3ccc4ccccc4c3)c(OCC)c2)C(O)=C1C(=O)OCC. The molecule has 3 aromatic rings. The van der Waals surface area contributed by atoms with Crippen LogP contribution < -0.4 is 9.47 Å². The third-order valence-electron chi connectivity index (χ3n) is 5.83. The number of rotatable bonds is 10. The van der Waals surface area contributed by atoms with E-state index in [-0.39, 0.29) is 35.3 Å². The minimum atomic E-state index is -0.721. The molecule has 0 bridgehead atoms. The molecule has 8 heteroatoms. The molecule has 7 nitrogen and oxygen atoms in total. The van der Waals surface area contributed by atoms with Gasteiger partial charge in [0, 0.05) is 6.42 Å². The number of aliphatic hydroxyl groups is 1. The van der Waals surface area contributed by atoms with Crippen LogP contribution in [-0.2, 0) is 20.9 Å². The molecule has 0 aromatic heterocycles. The Balaban J connectivity index is 1.59. The van der Waals surface area contributed by atoms with Crippen molar-refractivity contribution in [3.63, 3.8) is 0 Å². The summed E-state index contributed by atoms with van der Waals surface area (Å²) in [5.41, 5.74) is 1.66. The molecule has 1 heterocycles. The summed E-state index contributed by atoms with van der Waals surface area (Å²) in [4.78, 5) is 29.2. The van der Waals surface area contributed by atoms with Gasteiger partial charge in [0.2, 0.25) is 5.91 Å². The minimum absolute atomic E-state index is 0.0991. The smallest absolute Gasteiger partial charge is 0.344 e. The minimum Gasteiger partial charge on any atom is -0.506 e. The van der Waals surface area contributed by atoms with Gasteiger partial charge in [-0.1, -0.05) is 61.2 Å². The van der Waals surface area contributed by atoms with Crippen LogP contribution in [0.5, 0.6) is 11.5 Å². The van der Waals surface area contributed by atoms with E-state index in [9.17, 15) is 14.7 Å². The fourth-order valence-corrected chi connectivity index (χ4v) is 5.05. The lowest BCUT2D eigenvalue weighted by Gasteiger charge is -2.13. The molecule has 0 atom stereocenters. The Morgan fingerprint density at radius 3 is 2.46 bits per heavy atom. The van der Waals surface area contributed by atoms with E-state index >= 15 is 0 Å². The molecule has 4 rings (SSSR count). The van der Waals surface area contributed by atoms with Gasteiger partial charge < -0.3 is 19.3 Å². The van der Waals surface area contributed by atoms with E-state index in [0.29, 0.717) is 36.0 Å². The number of ether oxygens (including phenoxy) is 3.